The molecule has 1 heterocycles. The standard InChI is InChI=1S/C17H35N5/c1-4-17(7-5-8-17)15-20-16(18-2)19-9-12-22-11-6-10-21(3)13-14-22/h4-15H2,1-3H3,(H2,18,19,20). The van der Waals surface area contributed by atoms with E-state index in [4.69, 9.17) is 0 Å². The Balaban J connectivity index is 1.64. The highest BCUT2D eigenvalue weighted by molar-refractivity contribution is 5.79. The van der Waals surface area contributed by atoms with Gasteiger partial charge in [0, 0.05) is 39.8 Å². The minimum Gasteiger partial charge on any atom is -0.356 e. The molecule has 0 atom stereocenters. The van der Waals surface area contributed by atoms with Crippen LogP contribution in [0, 0.1) is 5.41 Å². The summed E-state index contributed by atoms with van der Waals surface area (Å²) >= 11 is 0. The molecule has 2 rings (SSSR count). The SMILES string of the molecule is CCC1(CNC(=NC)NCCN2CCCN(C)CC2)CCC1. The fraction of sp³-hybridized carbons (Fsp3) is 0.941. The first-order chi connectivity index (χ1) is 10.7. The van der Waals surface area contributed by atoms with Crippen LogP contribution >= 0.6 is 0 Å². The van der Waals surface area contributed by atoms with E-state index in [1.54, 1.807) is 0 Å². The van der Waals surface area contributed by atoms with Gasteiger partial charge in [-0.15, -0.1) is 0 Å². The maximum absolute atomic E-state index is 4.36. The number of likely N-dealkylation sites (N-methyl/N-ethyl adjacent to an activating group) is 1. The third-order valence-electron chi connectivity index (χ3n) is 5.55. The van der Waals surface area contributed by atoms with Crippen molar-refractivity contribution in [3.63, 3.8) is 0 Å². The van der Waals surface area contributed by atoms with Crippen LogP contribution in [-0.2, 0) is 0 Å². The lowest BCUT2D eigenvalue weighted by molar-refractivity contribution is 0.131. The molecule has 2 fully saturated rings. The van der Waals surface area contributed by atoms with Crippen molar-refractivity contribution in [1.82, 2.24) is 20.4 Å². The van der Waals surface area contributed by atoms with E-state index < -0.39 is 0 Å². The molecule has 5 nitrogen and oxygen atoms in total. The average Bonchev–Trinajstić information content (AvgIpc) is 2.69. The van der Waals surface area contributed by atoms with Gasteiger partial charge in [0.15, 0.2) is 5.96 Å². The summed E-state index contributed by atoms with van der Waals surface area (Å²) in [4.78, 5) is 9.35. The minimum absolute atomic E-state index is 0.535. The van der Waals surface area contributed by atoms with Crippen LogP contribution in [0.5, 0.6) is 0 Å². The fourth-order valence-electron chi connectivity index (χ4n) is 3.48. The van der Waals surface area contributed by atoms with Crippen molar-refractivity contribution in [2.75, 3.05) is 59.9 Å². The molecule has 22 heavy (non-hydrogen) atoms. The Hall–Kier alpha value is -0.810. The Labute approximate surface area is 136 Å². The van der Waals surface area contributed by atoms with E-state index in [1.807, 2.05) is 7.05 Å². The smallest absolute Gasteiger partial charge is 0.191 e. The summed E-state index contributed by atoms with van der Waals surface area (Å²) in [6.07, 6.45) is 6.69. The average molecular weight is 310 g/mol. The second kappa shape index (κ2) is 8.73. The molecule has 1 aliphatic carbocycles. The summed E-state index contributed by atoms with van der Waals surface area (Å²) in [5.41, 5.74) is 0.535. The molecule has 1 saturated carbocycles. The number of rotatable bonds is 6. The van der Waals surface area contributed by atoms with Gasteiger partial charge in [0.25, 0.3) is 0 Å². The van der Waals surface area contributed by atoms with E-state index in [0.29, 0.717) is 5.41 Å². The lowest BCUT2D eigenvalue weighted by atomic mass is 9.67. The maximum atomic E-state index is 4.36. The Morgan fingerprint density at radius 2 is 1.91 bits per heavy atom. The summed E-state index contributed by atoms with van der Waals surface area (Å²) in [5, 5.41) is 7.01. The predicted molar refractivity (Wildman–Crippen MR) is 94.5 cm³/mol. The maximum Gasteiger partial charge on any atom is 0.191 e. The highest BCUT2D eigenvalue weighted by Crippen LogP contribution is 2.42. The molecule has 2 aliphatic rings. The normalized spacial score (nSPS) is 23.7. The molecule has 1 aliphatic heterocycles. The number of nitrogens with zero attached hydrogens (tertiary/aromatic N) is 3. The molecule has 0 radical (unpaired) electrons. The van der Waals surface area contributed by atoms with Crippen LogP contribution in [-0.4, -0.2) is 75.7 Å². The van der Waals surface area contributed by atoms with Gasteiger partial charge in [-0.05, 0) is 51.2 Å². The lowest BCUT2D eigenvalue weighted by Crippen LogP contribution is -2.47. The van der Waals surface area contributed by atoms with E-state index in [2.05, 4.69) is 39.4 Å². The number of hydrogen-bond donors (Lipinski definition) is 2. The molecule has 0 unspecified atom stereocenters. The molecule has 1 saturated heterocycles. The molecule has 0 spiro atoms. The van der Waals surface area contributed by atoms with Crippen LogP contribution < -0.4 is 10.6 Å². The van der Waals surface area contributed by atoms with Crippen molar-refractivity contribution in [3.05, 3.63) is 0 Å². The highest BCUT2D eigenvalue weighted by atomic mass is 15.2. The molecular weight excluding hydrogens is 274 g/mol. The zero-order valence-electron chi connectivity index (χ0n) is 14.8. The summed E-state index contributed by atoms with van der Waals surface area (Å²) in [6.45, 7) is 10.3. The summed E-state index contributed by atoms with van der Waals surface area (Å²) in [7, 11) is 4.09. The van der Waals surface area contributed by atoms with E-state index in [9.17, 15) is 0 Å². The highest BCUT2D eigenvalue weighted by Gasteiger charge is 2.34. The number of hydrogen-bond acceptors (Lipinski definition) is 3. The van der Waals surface area contributed by atoms with Crippen molar-refractivity contribution in [1.29, 1.82) is 0 Å². The summed E-state index contributed by atoms with van der Waals surface area (Å²) < 4.78 is 0. The summed E-state index contributed by atoms with van der Waals surface area (Å²) in [5.74, 6) is 0.965. The molecule has 0 aromatic rings. The van der Waals surface area contributed by atoms with Crippen molar-refractivity contribution in [2.24, 2.45) is 10.4 Å². The number of aliphatic imine (C=N–C) groups is 1. The van der Waals surface area contributed by atoms with E-state index in [1.165, 1.54) is 58.3 Å². The van der Waals surface area contributed by atoms with Gasteiger partial charge in [-0.1, -0.05) is 13.3 Å². The van der Waals surface area contributed by atoms with Crippen molar-refractivity contribution in [2.45, 2.75) is 39.0 Å². The third kappa shape index (κ3) is 5.13. The van der Waals surface area contributed by atoms with Gasteiger partial charge in [0.2, 0.25) is 0 Å². The second-order valence-electron chi connectivity index (χ2n) is 7.06. The lowest BCUT2D eigenvalue weighted by Gasteiger charge is -2.41. The van der Waals surface area contributed by atoms with Crippen LogP contribution in [0.15, 0.2) is 4.99 Å². The van der Waals surface area contributed by atoms with Crippen LogP contribution in [0.3, 0.4) is 0 Å². The Morgan fingerprint density at radius 3 is 2.55 bits per heavy atom. The van der Waals surface area contributed by atoms with Crippen molar-refractivity contribution < 1.29 is 0 Å². The van der Waals surface area contributed by atoms with Gasteiger partial charge in [-0.3, -0.25) is 4.99 Å². The van der Waals surface area contributed by atoms with Crippen molar-refractivity contribution in [3.8, 4) is 0 Å². The van der Waals surface area contributed by atoms with Crippen LogP contribution in [0.25, 0.3) is 0 Å². The molecule has 128 valence electrons. The first-order valence-electron chi connectivity index (χ1n) is 9.03. The molecular formula is C17H35N5. The van der Waals surface area contributed by atoms with E-state index in [0.717, 1.165) is 25.6 Å². The third-order valence-corrected chi connectivity index (χ3v) is 5.55. The van der Waals surface area contributed by atoms with Crippen LogP contribution in [0.4, 0.5) is 0 Å². The number of guanidine groups is 1. The van der Waals surface area contributed by atoms with Crippen LogP contribution in [0.1, 0.15) is 39.0 Å². The first-order valence-corrected chi connectivity index (χ1v) is 9.03. The van der Waals surface area contributed by atoms with Gasteiger partial charge >= 0.3 is 0 Å². The first kappa shape index (κ1) is 17.5. The predicted octanol–water partition coefficient (Wildman–Crippen LogP) is 1.37. The molecule has 0 aromatic carbocycles. The quantitative estimate of drug-likeness (QED) is 0.574. The van der Waals surface area contributed by atoms with E-state index >= 15 is 0 Å². The largest absolute Gasteiger partial charge is 0.356 e. The van der Waals surface area contributed by atoms with Gasteiger partial charge in [-0.25, -0.2) is 0 Å². The summed E-state index contributed by atoms with van der Waals surface area (Å²) in [6, 6.07) is 0. The van der Waals surface area contributed by atoms with Crippen molar-refractivity contribution >= 4 is 5.96 Å². The van der Waals surface area contributed by atoms with Gasteiger partial charge in [0.1, 0.15) is 0 Å². The Morgan fingerprint density at radius 1 is 1.09 bits per heavy atom. The monoisotopic (exact) mass is 309 g/mol. The molecule has 0 aromatic heterocycles. The van der Waals surface area contributed by atoms with Gasteiger partial charge in [0.05, 0.1) is 0 Å². The number of nitrogens with one attached hydrogen (secondary N) is 2. The molecule has 5 heteroatoms. The topological polar surface area (TPSA) is 42.9 Å². The van der Waals surface area contributed by atoms with Gasteiger partial charge in [-0.2, -0.15) is 0 Å². The zero-order chi connectivity index (χ0) is 15.8. The Kier molecular flexibility index (Phi) is 6.96. The van der Waals surface area contributed by atoms with Crippen LogP contribution in [0.2, 0.25) is 0 Å². The van der Waals surface area contributed by atoms with E-state index in [-0.39, 0.29) is 0 Å². The minimum atomic E-state index is 0.535. The molecule has 0 bridgehead atoms. The molecule has 0 amide bonds. The Bertz CT molecular complexity index is 345. The second-order valence-corrected chi connectivity index (χ2v) is 7.06. The molecule has 2 N–H and O–H groups in total. The fourth-order valence-corrected chi connectivity index (χ4v) is 3.48. The zero-order valence-corrected chi connectivity index (χ0v) is 14.8. The van der Waals surface area contributed by atoms with Gasteiger partial charge < -0.3 is 20.4 Å².